The van der Waals surface area contributed by atoms with Gasteiger partial charge in [0.15, 0.2) is 5.65 Å². The highest BCUT2D eigenvalue weighted by atomic mass is 19.1. The van der Waals surface area contributed by atoms with E-state index in [-0.39, 0.29) is 11.9 Å². The second-order valence-electron chi connectivity index (χ2n) is 5.85. The summed E-state index contributed by atoms with van der Waals surface area (Å²) in [6, 6.07) is 10.6. The third-order valence-corrected chi connectivity index (χ3v) is 4.29. The first-order valence-electron chi connectivity index (χ1n) is 7.99. The van der Waals surface area contributed by atoms with Gasteiger partial charge in [0.2, 0.25) is 0 Å². The highest BCUT2D eigenvalue weighted by molar-refractivity contribution is 5.71. The first-order chi connectivity index (χ1) is 11.3. The molecule has 2 aromatic heterocycles. The fraction of sp³-hybridized carbons (Fsp3) is 0.333. The molecule has 1 atom stereocenters. The first-order valence-corrected chi connectivity index (χ1v) is 7.99. The lowest BCUT2D eigenvalue weighted by molar-refractivity contribution is 0.00781. The van der Waals surface area contributed by atoms with Gasteiger partial charge in [0.1, 0.15) is 23.3 Å². The van der Waals surface area contributed by atoms with Gasteiger partial charge in [-0.2, -0.15) is 0 Å². The minimum absolute atomic E-state index is 0.0373. The second kappa shape index (κ2) is 6.08. The molecule has 1 aliphatic rings. The molecule has 118 valence electrons. The largest absolute Gasteiger partial charge is 0.370 e. The number of fused-ring (bicyclic) bond motifs is 1. The summed E-state index contributed by atoms with van der Waals surface area (Å²) in [7, 11) is 0. The minimum Gasteiger partial charge on any atom is -0.370 e. The maximum atomic E-state index is 14.1. The highest BCUT2D eigenvalue weighted by Gasteiger charge is 2.24. The second-order valence-corrected chi connectivity index (χ2v) is 5.85. The molecule has 0 saturated carbocycles. The molecular weight excluding hydrogens is 293 g/mol. The zero-order valence-corrected chi connectivity index (χ0v) is 12.8. The van der Waals surface area contributed by atoms with Crippen LogP contribution in [0, 0.1) is 5.82 Å². The SMILES string of the molecule is Fc1ccccc1Cn1c(C2CCCCO2)nc2cccnc21. The first kappa shape index (κ1) is 14.3. The van der Waals surface area contributed by atoms with Crippen molar-refractivity contribution >= 4 is 11.2 Å². The summed E-state index contributed by atoms with van der Waals surface area (Å²) in [6.07, 6.45) is 4.86. The number of rotatable bonds is 3. The Kier molecular flexibility index (Phi) is 3.79. The van der Waals surface area contributed by atoms with Gasteiger partial charge in [0.05, 0.1) is 6.54 Å². The summed E-state index contributed by atoms with van der Waals surface area (Å²) in [5.74, 6) is 0.641. The Labute approximate surface area is 133 Å². The molecule has 1 unspecified atom stereocenters. The number of ether oxygens (including phenoxy) is 1. The van der Waals surface area contributed by atoms with Crippen LogP contribution in [0.1, 0.15) is 36.8 Å². The average Bonchev–Trinajstić information content (AvgIpc) is 2.96. The summed E-state index contributed by atoms with van der Waals surface area (Å²) in [4.78, 5) is 9.16. The number of pyridine rings is 1. The highest BCUT2D eigenvalue weighted by Crippen LogP contribution is 2.30. The van der Waals surface area contributed by atoms with E-state index in [1.807, 2.05) is 22.8 Å². The van der Waals surface area contributed by atoms with Crippen LogP contribution >= 0.6 is 0 Å². The fourth-order valence-corrected chi connectivity index (χ4v) is 3.12. The van der Waals surface area contributed by atoms with Gasteiger partial charge in [-0.15, -0.1) is 0 Å². The number of aromatic nitrogens is 3. The van der Waals surface area contributed by atoms with E-state index in [1.54, 1.807) is 18.3 Å². The van der Waals surface area contributed by atoms with Crippen LogP contribution in [-0.4, -0.2) is 21.1 Å². The molecule has 4 rings (SSSR count). The number of imidazole rings is 1. The Morgan fingerprint density at radius 3 is 2.91 bits per heavy atom. The third kappa shape index (κ3) is 2.72. The van der Waals surface area contributed by atoms with Crippen LogP contribution in [0.5, 0.6) is 0 Å². The van der Waals surface area contributed by atoms with Gasteiger partial charge < -0.3 is 9.30 Å². The van der Waals surface area contributed by atoms with Crippen molar-refractivity contribution in [2.45, 2.75) is 31.9 Å². The standard InChI is InChI=1S/C18H18FN3O/c19-14-7-2-1-6-13(14)12-22-17-15(8-5-10-20-17)21-18(22)16-9-3-4-11-23-16/h1-2,5-8,10,16H,3-4,9,11-12H2. The Balaban J connectivity index is 1.81. The van der Waals surface area contributed by atoms with E-state index < -0.39 is 0 Å². The monoisotopic (exact) mass is 311 g/mol. The molecule has 0 spiro atoms. The van der Waals surface area contributed by atoms with E-state index >= 15 is 0 Å². The molecule has 0 aliphatic carbocycles. The smallest absolute Gasteiger partial charge is 0.160 e. The van der Waals surface area contributed by atoms with Gasteiger partial charge in [0.25, 0.3) is 0 Å². The molecule has 4 nitrogen and oxygen atoms in total. The Hall–Kier alpha value is -2.27. The van der Waals surface area contributed by atoms with Crippen LogP contribution < -0.4 is 0 Å². The molecule has 5 heteroatoms. The lowest BCUT2D eigenvalue weighted by Gasteiger charge is -2.23. The molecule has 0 amide bonds. The van der Waals surface area contributed by atoms with Crippen molar-refractivity contribution in [3.05, 3.63) is 59.8 Å². The van der Waals surface area contributed by atoms with Gasteiger partial charge >= 0.3 is 0 Å². The van der Waals surface area contributed by atoms with Gasteiger partial charge in [-0.1, -0.05) is 18.2 Å². The van der Waals surface area contributed by atoms with Crippen molar-refractivity contribution in [1.29, 1.82) is 0 Å². The number of nitrogens with zero attached hydrogens (tertiary/aromatic N) is 3. The Bertz CT molecular complexity index is 824. The van der Waals surface area contributed by atoms with Gasteiger partial charge in [-0.3, -0.25) is 0 Å². The normalized spacial score (nSPS) is 18.4. The topological polar surface area (TPSA) is 39.9 Å². The van der Waals surface area contributed by atoms with E-state index in [0.717, 1.165) is 42.9 Å². The van der Waals surface area contributed by atoms with Crippen molar-refractivity contribution in [3.8, 4) is 0 Å². The molecule has 1 aromatic carbocycles. The summed E-state index contributed by atoms with van der Waals surface area (Å²) in [6.45, 7) is 1.16. The molecule has 0 radical (unpaired) electrons. The lowest BCUT2D eigenvalue weighted by Crippen LogP contribution is -2.17. The Morgan fingerprint density at radius 1 is 1.17 bits per heavy atom. The van der Waals surface area contributed by atoms with Crippen molar-refractivity contribution < 1.29 is 9.13 Å². The van der Waals surface area contributed by atoms with Gasteiger partial charge in [-0.25, -0.2) is 14.4 Å². The van der Waals surface area contributed by atoms with Crippen molar-refractivity contribution in [1.82, 2.24) is 14.5 Å². The maximum Gasteiger partial charge on any atom is 0.160 e. The van der Waals surface area contributed by atoms with E-state index in [0.29, 0.717) is 12.1 Å². The van der Waals surface area contributed by atoms with E-state index in [2.05, 4.69) is 4.98 Å². The molecule has 1 fully saturated rings. The molecular formula is C18H18FN3O. The van der Waals surface area contributed by atoms with E-state index in [1.165, 1.54) is 6.07 Å². The zero-order valence-electron chi connectivity index (χ0n) is 12.8. The molecule has 0 N–H and O–H groups in total. The van der Waals surface area contributed by atoms with Crippen LogP contribution in [0.2, 0.25) is 0 Å². The van der Waals surface area contributed by atoms with Crippen LogP contribution in [0.4, 0.5) is 4.39 Å². The summed E-state index contributed by atoms with van der Waals surface area (Å²) in [5, 5.41) is 0. The fourth-order valence-electron chi connectivity index (χ4n) is 3.12. The number of hydrogen-bond donors (Lipinski definition) is 0. The predicted octanol–water partition coefficient (Wildman–Crippen LogP) is 3.86. The third-order valence-electron chi connectivity index (χ3n) is 4.29. The summed E-state index contributed by atoms with van der Waals surface area (Å²) in [5.41, 5.74) is 2.24. The lowest BCUT2D eigenvalue weighted by atomic mass is 10.1. The molecule has 1 saturated heterocycles. The van der Waals surface area contributed by atoms with E-state index in [9.17, 15) is 4.39 Å². The van der Waals surface area contributed by atoms with Gasteiger partial charge in [-0.05, 0) is 37.5 Å². The average molecular weight is 311 g/mol. The number of hydrogen-bond acceptors (Lipinski definition) is 3. The quantitative estimate of drug-likeness (QED) is 0.737. The van der Waals surface area contributed by atoms with Crippen LogP contribution in [0.25, 0.3) is 11.2 Å². The minimum atomic E-state index is -0.208. The van der Waals surface area contributed by atoms with Crippen molar-refractivity contribution in [2.75, 3.05) is 6.61 Å². The molecule has 23 heavy (non-hydrogen) atoms. The van der Waals surface area contributed by atoms with Crippen LogP contribution in [0.15, 0.2) is 42.6 Å². The van der Waals surface area contributed by atoms with Gasteiger partial charge in [0, 0.05) is 18.4 Å². The van der Waals surface area contributed by atoms with E-state index in [4.69, 9.17) is 9.72 Å². The summed E-state index contributed by atoms with van der Waals surface area (Å²) >= 11 is 0. The van der Waals surface area contributed by atoms with Crippen molar-refractivity contribution in [3.63, 3.8) is 0 Å². The zero-order chi connectivity index (χ0) is 15.6. The molecule has 1 aliphatic heterocycles. The van der Waals surface area contributed by atoms with Crippen LogP contribution in [-0.2, 0) is 11.3 Å². The number of halogens is 1. The number of benzene rings is 1. The molecule has 0 bridgehead atoms. The van der Waals surface area contributed by atoms with Crippen molar-refractivity contribution in [2.24, 2.45) is 0 Å². The maximum absolute atomic E-state index is 14.1. The Morgan fingerprint density at radius 2 is 2.09 bits per heavy atom. The molecule has 3 heterocycles. The predicted molar refractivity (Wildman–Crippen MR) is 85.6 cm³/mol. The summed E-state index contributed by atoms with van der Waals surface area (Å²) < 4.78 is 22.0. The van der Waals surface area contributed by atoms with Crippen LogP contribution in [0.3, 0.4) is 0 Å². The molecule has 3 aromatic rings.